The van der Waals surface area contributed by atoms with Gasteiger partial charge < -0.3 is 14.8 Å². The van der Waals surface area contributed by atoms with Gasteiger partial charge in [0, 0.05) is 4.47 Å². The number of H-pyrrole nitrogens is 1. The minimum absolute atomic E-state index is 0.192. The molecule has 0 amide bonds. The average Bonchev–Trinajstić information content (AvgIpc) is 2.77. The Labute approximate surface area is 110 Å². The van der Waals surface area contributed by atoms with Crippen molar-refractivity contribution in [3.8, 4) is 5.75 Å². The second-order valence-electron chi connectivity index (χ2n) is 3.28. The van der Waals surface area contributed by atoms with Crippen LogP contribution in [0.25, 0.3) is 0 Å². The van der Waals surface area contributed by atoms with Crippen LogP contribution in [0.5, 0.6) is 5.75 Å². The Morgan fingerprint density at radius 1 is 1.39 bits per heavy atom. The van der Waals surface area contributed by atoms with Gasteiger partial charge in [-0.3, -0.25) is 0 Å². The summed E-state index contributed by atoms with van der Waals surface area (Å²) in [5.41, 5.74) is -0.558. The number of nitrogens with zero attached hydrogens (tertiary/aromatic N) is 1. The van der Waals surface area contributed by atoms with Crippen molar-refractivity contribution < 1.29 is 19.4 Å². The fourth-order valence-electron chi connectivity index (χ4n) is 1.30. The Morgan fingerprint density at radius 2 is 2.17 bits per heavy atom. The fourth-order valence-corrected chi connectivity index (χ4v) is 1.68. The van der Waals surface area contributed by atoms with E-state index in [0.717, 1.165) is 10.8 Å². The van der Waals surface area contributed by atoms with Crippen LogP contribution >= 0.6 is 15.9 Å². The first-order chi connectivity index (χ1) is 8.58. The number of rotatable bonds is 3. The summed E-state index contributed by atoms with van der Waals surface area (Å²) in [6.45, 7) is 0. The van der Waals surface area contributed by atoms with Gasteiger partial charge in [0.2, 0.25) is 0 Å². The van der Waals surface area contributed by atoms with Gasteiger partial charge in [0.05, 0.1) is 6.33 Å². The van der Waals surface area contributed by atoms with Crippen LogP contribution in [-0.2, 0) is 0 Å². The first-order valence-corrected chi connectivity index (χ1v) is 5.61. The standard InChI is InChI=1S/C11H7BrN2O4/c12-6-2-1-3-7(4-6)18-11(17)9-8(10(15)16)13-5-14-9/h1-5H,(H,13,14)(H,15,16). The number of aromatic carboxylic acids is 1. The van der Waals surface area contributed by atoms with Gasteiger partial charge in [0.15, 0.2) is 11.4 Å². The van der Waals surface area contributed by atoms with Crippen LogP contribution in [0.4, 0.5) is 0 Å². The van der Waals surface area contributed by atoms with Crippen LogP contribution in [0.2, 0.25) is 0 Å². The lowest BCUT2D eigenvalue weighted by Gasteiger charge is -2.03. The van der Waals surface area contributed by atoms with E-state index in [1.807, 2.05) is 0 Å². The summed E-state index contributed by atoms with van der Waals surface area (Å²) in [4.78, 5) is 28.5. The molecule has 92 valence electrons. The molecule has 7 heteroatoms. The Bertz CT molecular complexity index is 609. The van der Waals surface area contributed by atoms with Crippen LogP contribution in [0, 0.1) is 0 Å². The molecular weight excluding hydrogens is 304 g/mol. The number of hydrogen-bond donors (Lipinski definition) is 2. The summed E-state index contributed by atoms with van der Waals surface area (Å²) >= 11 is 3.23. The van der Waals surface area contributed by atoms with Crippen molar-refractivity contribution in [1.29, 1.82) is 0 Å². The molecule has 1 aromatic carbocycles. The molecule has 2 aromatic rings. The quantitative estimate of drug-likeness (QED) is 0.669. The molecule has 0 radical (unpaired) electrons. The van der Waals surface area contributed by atoms with Crippen molar-refractivity contribution in [3.05, 3.63) is 46.5 Å². The van der Waals surface area contributed by atoms with Crippen LogP contribution in [0.3, 0.4) is 0 Å². The van der Waals surface area contributed by atoms with Gasteiger partial charge in [0.1, 0.15) is 5.75 Å². The molecule has 0 saturated heterocycles. The lowest BCUT2D eigenvalue weighted by atomic mass is 10.3. The maximum atomic E-state index is 11.7. The second kappa shape index (κ2) is 5.01. The van der Waals surface area contributed by atoms with E-state index in [-0.39, 0.29) is 11.4 Å². The number of carboxylic acids is 1. The highest BCUT2D eigenvalue weighted by molar-refractivity contribution is 9.10. The van der Waals surface area contributed by atoms with Crippen molar-refractivity contribution in [2.45, 2.75) is 0 Å². The number of benzene rings is 1. The Hall–Kier alpha value is -2.15. The summed E-state index contributed by atoms with van der Waals surface area (Å²) in [6, 6.07) is 6.64. The van der Waals surface area contributed by atoms with Crippen LogP contribution in [-0.4, -0.2) is 27.0 Å². The number of halogens is 1. The van der Waals surface area contributed by atoms with Gasteiger partial charge in [-0.2, -0.15) is 0 Å². The topological polar surface area (TPSA) is 92.3 Å². The number of carboxylic acid groups (broad SMARTS) is 1. The maximum Gasteiger partial charge on any atom is 0.362 e. The van der Waals surface area contributed by atoms with Gasteiger partial charge >= 0.3 is 11.9 Å². The smallest absolute Gasteiger partial charge is 0.362 e. The third-order valence-corrected chi connectivity index (χ3v) is 2.55. The van der Waals surface area contributed by atoms with E-state index >= 15 is 0 Å². The lowest BCUT2D eigenvalue weighted by Crippen LogP contribution is -2.14. The molecule has 0 fully saturated rings. The van der Waals surface area contributed by atoms with Gasteiger partial charge in [-0.25, -0.2) is 14.6 Å². The molecular formula is C11H7BrN2O4. The van der Waals surface area contributed by atoms with E-state index in [1.165, 1.54) is 0 Å². The molecule has 1 aromatic heterocycles. The monoisotopic (exact) mass is 310 g/mol. The molecule has 0 bridgehead atoms. The number of carbonyl (C=O) groups is 2. The summed E-state index contributed by atoms with van der Waals surface area (Å²) in [5.74, 6) is -1.79. The van der Waals surface area contributed by atoms with Crippen molar-refractivity contribution in [1.82, 2.24) is 9.97 Å². The molecule has 0 aliphatic rings. The molecule has 0 unspecified atom stereocenters. The fraction of sp³-hybridized carbons (Fsp3) is 0. The molecule has 0 saturated carbocycles. The van der Waals surface area contributed by atoms with Crippen molar-refractivity contribution in [2.24, 2.45) is 0 Å². The molecule has 0 atom stereocenters. The van der Waals surface area contributed by atoms with Gasteiger partial charge in [0.25, 0.3) is 0 Å². The summed E-state index contributed by atoms with van der Waals surface area (Å²) in [6.07, 6.45) is 1.13. The normalized spacial score (nSPS) is 10.1. The largest absolute Gasteiger partial charge is 0.476 e. The van der Waals surface area contributed by atoms with Crippen LogP contribution in [0.1, 0.15) is 21.0 Å². The molecule has 1 heterocycles. The van der Waals surface area contributed by atoms with E-state index < -0.39 is 11.9 Å². The number of ether oxygens (including phenoxy) is 1. The first-order valence-electron chi connectivity index (χ1n) is 4.82. The molecule has 0 spiro atoms. The maximum absolute atomic E-state index is 11.7. The number of imidazole rings is 1. The van der Waals surface area contributed by atoms with E-state index in [4.69, 9.17) is 9.84 Å². The van der Waals surface area contributed by atoms with Gasteiger partial charge in [-0.1, -0.05) is 22.0 Å². The highest BCUT2D eigenvalue weighted by Crippen LogP contribution is 2.19. The Morgan fingerprint density at radius 3 is 2.83 bits per heavy atom. The molecule has 2 N–H and O–H groups in total. The summed E-state index contributed by atoms with van der Waals surface area (Å²) < 4.78 is 5.77. The minimum atomic E-state index is -1.29. The van der Waals surface area contributed by atoms with Crippen LogP contribution < -0.4 is 4.74 Å². The lowest BCUT2D eigenvalue weighted by molar-refractivity contribution is 0.0661. The molecule has 0 aliphatic carbocycles. The Kier molecular flexibility index (Phi) is 3.42. The SMILES string of the molecule is O=C(O)c1nc[nH]c1C(=O)Oc1cccc(Br)c1. The number of esters is 1. The Balaban J connectivity index is 2.22. The van der Waals surface area contributed by atoms with Crippen molar-refractivity contribution in [2.75, 3.05) is 0 Å². The van der Waals surface area contributed by atoms with Gasteiger partial charge in [-0.05, 0) is 18.2 Å². The van der Waals surface area contributed by atoms with E-state index in [1.54, 1.807) is 24.3 Å². The third-order valence-electron chi connectivity index (χ3n) is 2.05. The second-order valence-corrected chi connectivity index (χ2v) is 4.19. The average molecular weight is 311 g/mol. The molecule has 0 aliphatic heterocycles. The van der Waals surface area contributed by atoms with E-state index in [0.29, 0.717) is 5.75 Å². The predicted molar refractivity (Wildman–Crippen MR) is 64.6 cm³/mol. The van der Waals surface area contributed by atoms with Gasteiger partial charge in [-0.15, -0.1) is 0 Å². The summed E-state index contributed by atoms with van der Waals surface area (Å²) in [7, 11) is 0. The summed E-state index contributed by atoms with van der Waals surface area (Å²) in [5, 5.41) is 8.82. The number of carbonyl (C=O) groups excluding carboxylic acids is 1. The van der Waals surface area contributed by atoms with E-state index in [2.05, 4.69) is 25.9 Å². The highest BCUT2D eigenvalue weighted by atomic mass is 79.9. The molecule has 18 heavy (non-hydrogen) atoms. The number of hydrogen-bond acceptors (Lipinski definition) is 4. The van der Waals surface area contributed by atoms with Crippen molar-refractivity contribution >= 4 is 27.9 Å². The number of nitrogens with one attached hydrogen (secondary N) is 1. The van der Waals surface area contributed by atoms with Crippen molar-refractivity contribution in [3.63, 3.8) is 0 Å². The molecule has 6 nitrogen and oxygen atoms in total. The number of aromatic nitrogens is 2. The van der Waals surface area contributed by atoms with Crippen LogP contribution in [0.15, 0.2) is 35.1 Å². The first kappa shape index (κ1) is 12.3. The predicted octanol–water partition coefficient (Wildman–Crippen LogP) is 2.09. The third kappa shape index (κ3) is 2.57. The minimum Gasteiger partial charge on any atom is -0.476 e. The molecule has 2 rings (SSSR count). The van der Waals surface area contributed by atoms with E-state index in [9.17, 15) is 9.59 Å². The highest BCUT2D eigenvalue weighted by Gasteiger charge is 2.21. The zero-order valence-electron chi connectivity index (χ0n) is 8.88. The zero-order chi connectivity index (χ0) is 13.1. The zero-order valence-corrected chi connectivity index (χ0v) is 10.5. The number of aromatic amines is 1.